The van der Waals surface area contributed by atoms with Crippen LogP contribution in [0.15, 0.2) is 170 Å². The molecule has 1 spiro atoms. The van der Waals surface area contributed by atoms with Gasteiger partial charge in [-0.05, 0) is 43.1 Å². The first-order valence-electron chi connectivity index (χ1n) is 20.5. The molecule has 10 rings (SSSR count). The summed E-state index contributed by atoms with van der Waals surface area (Å²) in [6, 6.07) is 54.9. The number of hydrogen-bond donors (Lipinski definition) is 0. The minimum atomic E-state index is -3.73. The van der Waals surface area contributed by atoms with Crippen LogP contribution in [0.1, 0.15) is 0 Å². The maximum Gasteiger partial charge on any atom is 0.331 e. The zero-order valence-corrected chi connectivity index (χ0v) is 37.0. The molecule has 0 saturated carbocycles. The van der Waals surface area contributed by atoms with Crippen LogP contribution in [0.3, 0.4) is 0 Å². The highest BCUT2D eigenvalue weighted by Gasteiger charge is 2.50. The maximum atomic E-state index is 15.7. The van der Waals surface area contributed by atoms with E-state index in [1.807, 2.05) is 170 Å². The van der Waals surface area contributed by atoms with Crippen LogP contribution in [-0.4, -0.2) is 51.1 Å². The first-order valence-corrected chi connectivity index (χ1v) is 27.7. The predicted octanol–water partition coefficient (Wildman–Crippen LogP) is 11.1. The second kappa shape index (κ2) is 16.0. The number of hydrogen-bond acceptors (Lipinski definition) is 8. The van der Waals surface area contributed by atoms with Crippen LogP contribution in [0.4, 0.5) is 0 Å². The summed E-state index contributed by atoms with van der Waals surface area (Å²) in [5.74, 6) is 0. The Morgan fingerprint density at radius 1 is 0.377 bits per heavy atom. The van der Waals surface area contributed by atoms with E-state index < -0.39 is 34.9 Å². The third kappa shape index (κ3) is 7.52. The van der Waals surface area contributed by atoms with Crippen molar-refractivity contribution in [1.29, 1.82) is 0 Å². The second-order valence-electron chi connectivity index (χ2n) is 16.2. The number of rotatable bonds is 10. The van der Waals surface area contributed by atoms with Gasteiger partial charge in [-0.1, -0.05) is 170 Å². The van der Waals surface area contributed by atoms with Gasteiger partial charge in [-0.15, -0.1) is 0 Å². The smallest absolute Gasteiger partial charge is 0.314 e. The molecule has 308 valence electrons. The molecular weight excluding hydrogens is 840 g/mol. The summed E-state index contributed by atoms with van der Waals surface area (Å²) in [6.45, 7) is -0.0491. The summed E-state index contributed by atoms with van der Waals surface area (Å²) in [4.78, 5) is 0. The lowest BCUT2D eigenvalue weighted by atomic mass is 9.93. The molecule has 0 unspecified atom stereocenters. The monoisotopic (exact) mass is 884 g/mol. The third-order valence-corrected chi connectivity index (χ3v) is 23.0. The Labute approximate surface area is 355 Å². The standard InChI is InChI=1S/C49H44O8P4/c50-58(45-25-9-17-37-13-1-5-21-41(37)45,46-26-10-18-38-14-2-6-22-42(38)46)29-31-60(52)54-33-49(34-55-60)35-56-61(53,57-36-49)32-30-59(51,47-27-11-19-39-15-3-7-23-43(39)47)48-28-12-20-40-16-4-8-24-44(40)48/h1-28H,29-36H2. The molecule has 12 heteroatoms. The van der Waals surface area contributed by atoms with Gasteiger partial charge in [0.2, 0.25) is 0 Å². The van der Waals surface area contributed by atoms with Crippen molar-refractivity contribution in [3.8, 4) is 0 Å². The van der Waals surface area contributed by atoms with E-state index in [0.717, 1.165) is 43.1 Å². The van der Waals surface area contributed by atoms with Gasteiger partial charge >= 0.3 is 15.2 Å². The first kappa shape index (κ1) is 40.6. The van der Waals surface area contributed by atoms with Crippen LogP contribution in [0.25, 0.3) is 43.1 Å². The zero-order chi connectivity index (χ0) is 41.7. The molecule has 2 heterocycles. The molecule has 0 aromatic heterocycles. The van der Waals surface area contributed by atoms with E-state index in [4.69, 9.17) is 18.1 Å². The summed E-state index contributed by atoms with van der Waals surface area (Å²) in [5.41, 5.74) is -0.855. The molecule has 8 nitrogen and oxygen atoms in total. The van der Waals surface area contributed by atoms with Crippen molar-refractivity contribution in [2.45, 2.75) is 0 Å². The Bertz CT molecular complexity index is 2760. The molecular formula is C49H44O8P4. The number of benzene rings is 8. The van der Waals surface area contributed by atoms with Crippen molar-refractivity contribution in [3.05, 3.63) is 170 Å². The summed E-state index contributed by atoms with van der Waals surface area (Å²) in [7, 11) is -14.3. The highest BCUT2D eigenvalue weighted by Crippen LogP contribution is 2.62. The van der Waals surface area contributed by atoms with Gasteiger partial charge < -0.3 is 27.2 Å². The van der Waals surface area contributed by atoms with Crippen LogP contribution < -0.4 is 21.2 Å². The summed E-state index contributed by atoms with van der Waals surface area (Å²) < 4.78 is 84.5. The van der Waals surface area contributed by atoms with Crippen molar-refractivity contribution >= 4 is 93.8 Å². The molecule has 61 heavy (non-hydrogen) atoms. The van der Waals surface area contributed by atoms with E-state index in [1.165, 1.54) is 0 Å². The van der Waals surface area contributed by atoms with E-state index in [1.54, 1.807) is 0 Å². The third-order valence-electron chi connectivity index (χ3n) is 12.3. The summed E-state index contributed by atoms with van der Waals surface area (Å²) >= 11 is 0. The molecule has 2 saturated heterocycles. The minimum absolute atomic E-state index is 0.0123. The molecule has 2 aliphatic rings. The van der Waals surface area contributed by atoms with Gasteiger partial charge in [0.15, 0.2) is 0 Å². The Balaban J connectivity index is 0.870. The van der Waals surface area contributed by atoms with Gasteiger partial charge in [-0.2, -0.15) is 0 Å². The molecule has 0 N–H and O–H groups in total. The number of fused-ring (bicyclic) bond motifs is 4. The van der Waals surface area contributed by atoms with Crippen LogP contribution in [0, 0.1) is 5.41 Å². The normalized spacial score (nSPS) is 22.3. The topological polar surface area (TPSA) is 105 Å². The molecule has 0 aliphatic carbocycles. The van der Waals surface area contributed by atoms with E-state index >= 15 is 9.13 Å². The van der Waals surface area contributed by atoms with Crippen molar-refractivity contribution in [3.63, 3.8) is 0 Å². The van der Waals surface area contributed by atoms with Gasteiger partial charge in [0.1, 0.15) is 14.3 Å². The zero-order valence-electron chi connectivity index (χ0n) is 33.4. The fourth-order valence-electron chi connectivity index (χ4n) is 8.88. The molecule has 0 atom stereocenters. The Kier molecular flexibility index (Phi) is 10.7. The second-order valence-corrected chi connectivity index (χ2v) is 26.3. The quantitative estimate of drug-likeness (QED) is 0.125. The fraction of sp³-hybridized carbons (Fsp3) is 0.184. The first-order chi connectivity index (χ1) is 29.6. The van der Waals surface area contributed by atoms with Crippen LogP contribution in [-0.2, 0) is 36.4 Å². The van der Waals surface area contributed by atoms with Gasteiger partial charge in [0.25, 0.3) is 0 Å². The van der Waals surface area contributed by atoms with Crippen LogP contribution in [0.5, 0.6) is 0 Å². The van der Waals surface area contributed by atoms with E-state index in [-0.39, 0.29) is 51.1 Å². The summed E-state index contributed by atoms with van der Waals surface area (Å²) in [5, 5.41) is 10.2. The molecule has 8 aromatic carbocycles. The molecule has 8 aromatic rings. The van der Waals surface area contributed by atoms with E-state index in [0.29, 0.717) is 21.2 Å². The maximum absolute atomic E-state index is 15.7. The highest BCUT2D eigenvalue weighted by atomic mass is 31.2. The molecule has 0 bridgehead atoms. The molecule has 0 amide bonds. The average molecular weight is 885 g/mol. The Hall–Kier alpha value is -4.44. The largest absolute Gasteiger partial charge is 0.331 e. The predicted molar refractivity (Wildman–Crippen MR) is 250 cm³/mol. The van der Waals surface area contributed by atoms with Gasteiger partial charge in [-0.25, -0.2) is 0 Å². The van der Waals surface area contributed by atoms with Crippen molar-refractivity contribution in [1.82, 2.24) is 0 Å². The lowest BCUT2D eigenvalue weighted by molar-refractivity contribution is -0.0680. The van der Waals surface area contributed by atoms with Crippen molar-refractivity contribution < 1.29 is 36.4 Å². The average Bonchev–Trinajstić information content (AvgIpc) is 3.31. The molecule has 2 aliphatic heterocycles. The fourth-order valence-corrected chi connectivity index (χ4v) is 20.8. The Morgan fingerprint density at radius 2 is 0.623 bits per heavy atom. The van der Waals surface area contributed by atoms with Gasteiger partial charge in [0, 0.05) is 33.5 Å². The Morgan fingerprint density at radius 3 is 0.902 bits per heavy atom. The lowest BCUT2D eigenvalue weighted by Crippen LogP contribution is -2.46. The highest BCUT2D eigenvalue weighted by molar-refractivity contribution is 7.80. The van der Waals surface area contributed by atoms with Crippen LogP contribution in [0.2, 0.25) is 0 Å². The van der Waals surface area contributed by atoms with Gasteiger partial charge in [-0.3, -0.25) is 9.13 Å². The minimum Gasteiger partial charge on any atom is -0.314 e. The van der Waals surface area contributed by atoms with Crippen LogP contribution >= 0.6 is 29.5 Å². The molecule has 0 radical (unpaired) electrons. The van der Waals surface area contributed by atoms with Crippen molar-refractivity contribution in [2.75, 3.05) is 51.1 Å². The van der Waals surface area contributed by atoms with E-state index in [9.17, 15) is 9.13 Å². The van der Waals surface area contributed by atoms with Crippen molar-refractivity contribution in [2.24, 2.45) is 5.41 Å². The van der Waals surface area contributed by atoms with Gasteiger partial charge in [0.05, 0.1) is 44.2 Å². The molecule has 2 fully saturated rings. The SMILES string of the molecule is O=P1(CCP(=O)(c2cccc3ccccc23)c2cccc3ccccc23)OCC2(CO1)COP(=O)(CCP(=O)(c1cccc3ccccc13)c1cccc3ccccc13)OC2. The summed E-state index contributed by atoms with van der Waals surface area (Å²) in [6.07, 6.45) is -0.000830. The lowest BCUT2D eigenvalue weighted by Gasteiger charge is -2.43. The van der Waals surface area contributed by atoms with E-state index in [2.05, 4.69) is 0 Å².